The van der Waals surface area contributed by atoms with Crippen molar-refractivity contribution < 1.29 is 9.90 Å². The van der Waals surface area contributed by atoms with Crippen molar-refractivity contribution in [3.63, 3.8) is 0 Å². The third kappa shape index (κ3) is 4.85. The first-order chi connectivity index (χ1) is 9.91. The van der Waals surface area contributed by atoms with Crippen LogP contribution in [0.2, 0.25) is 0 Å². The smallest absolute Gasteiger partial charge is 0.315 e. The highest BCUT2D eigenvalue weighted by Crippen LogP contribution is 2.26. The largest absolute Gasteiger partial charge is 0.481 e. The van der Waals surface area contributed by atoms with Crippen molar-refractivity contribution in [3.05, 3.63) is 35.9 Å². The Hall–Kier alpha value is -1.35. The molecule has 0 heterocycles. The second-order valence-corrected chi connectivity index (χ2v) is 6.27. The summed E-state index contributed by atoms with van der Waals surface area (Å²) in [5.74, 6) is -0.755. The van der Waals surface area contributed by atoms with Gasteiger partial charge in [-0.25, -0.2) is 0 Å². The molecule has 1 unspecified atom stereocenters. The van der Waals surface area contributed by atoms with Gasteiger partial charge in [0.2, 0.25) is 0 Å². The van der Waals surface area contributed by atoms with Crippen LogP contribution in [0.15, 0.2) is 30.3 Å². The lowest BCUT2D eigenvalue weighted by molar-refractivity contribution is -0.144. The van der Waals surface area contributed by atoms with Crippen LogP contribution in [-0.4, -0.2) is 35.1 Å². The summed E-state index contributed by atoms with van der Waals surface area (Å²) in [5.41, 5.74) is 0.0104. The first-order valence-corrected chi connectivity index (χ1v) is 7.94. The Morgan fingerprint density at radius 2 is 1.86 bits per heavy atom. The van der Waals surface area contributed by atoms with Gasteiger partial charge in [-0.15, -0.1) is 0 Å². The highest BCUT2D eigenvalue weighted by Gasteiger charge is 2.37. The van der Waals surface area contributed by atoms with Crippen LogP contribution in [0.1, 0.15) is 52.5 Å². The topological polar surface area (TPSA) is 40.5 Å². The summed E-state index contributed by atoms with van der Waals surface area (Å²) >= 11 is 0. The number of unbranched alkanes of at least 4 members (excludes halogenated alkanes) is 2. The first-order valence-electron chi connectivity index (χ1n) is 7.94. The molecule has 0 saturated heterocycles. The zero-order chi connectivity index (χ0) is 15.9. The first kappa shape index (κ1) is 17.7. The molecule has 3 nitrogen and oxygen atoms in total. The van der Waals surface area contributed by atoms with Crippen molar-refractivity contribution in [1.82, 2.24) is 4.90 Å². The molecule has 118 valence electrons. The average Bonchev–Trinajstić information content (AvgIpc) is 2.46. The summed E-state index contributed by atoms with van der Waals surface area (Å²) in [5, 5.41) is 9.76. The average molecular weight is 291 g/mol. The van der Waals surface area contributed by atoms with Crippen molar-refractivity contribution in [2.75, 3.05) is 13.1 Å². The minimum Gasteiger partial charge on any atom is -0.481 e. The molecule has 1 aromatic carbocycles. The summed E-state index contributed by atoms with van der Waals surface area (Å²) < 4.78 is 0. The quantitative estimate of drug-likeness (QED) is 0.701. The Balaban J connectivity index is 2.92. The summed E-state index contributed by atoms with van der Waals surface area (Å²) in [6.07, 6.45) is 3.50. The van der Waals surface area contributed by atoms with E-state index in [1.807, 2.05) is 37.3 Å². The van der Waals surface area contributed by atoms with E-state index >= 15 is 0 Å². The van der Waals surface area contributed by atoms with Gasteiger partial charge in [0, 0.05) is 12.6 Å². The van der Waals surface area contributed by atoms with Gasteiger partial charge in [-0.1, -0.05) is 50.1 Å². The van der Waals surface area contributed by atoms with Gasteiger partial charge < -0.3 is 5.11 Å². The van der Waals surface area contributed by atoms with Crippen LogP contribution in [0, 0.1) is 0 Å². The maximum Gasteiger partial charge on any atom is 0.315 e. The van der Waals surface area contributed by atoms with Crippen LogP contribution < -0.4 is 0 Å². The van der Waals surface area contributed by atoms with Crippen molar-refractivity contribution in [2.24, 2.45) is 0 Å². The predicted molar refractivity (Wildman–Crippen MR) is 87.7 cm³/mol. The van der Waals surface area contributed by atoms with Gasteiger partial charge in [-0.2, -0.15) is 0 Å². The highest BCUT2D eigenvalue weighted by atomic mass is 16.4. The molecule has 1 rings (SSSR count). The summed E-state index contributed by atoms with van der Waals surface area (Å²) in [6.45, 7) is 9.80. The molecule has 0 fully saturated rings. The molecule has 0 aliphatic carbocycles. The number of hydrogen-bond donors (Lipinski definition) is 1. The van der Waals surface area contributed by atoms with Crippen LogP contribution in [0.4, 0.5) is 0 Å². The van der Waals surface area contributed by atoms with E-state index in [1.165, 1.54) is 12.8 Å². The van der Waals surface area contributed by atoms with Crippen LogP contribution in [0.3, 0.4) is 0 Å². The van der Waals surface area contributed by atoms with Crippen LogP contribution >= 0.6 is 0 Å². The number of rotatable bonds is 9. The lowest BCUT2D eigenvalue weighted by Crippen LogP contribution is -2.47. The van der Waals surface area contributed by atoms with E-state index in [1.54, 1.807) is 0 Å². The summed E-state index contributed by atoms with van der Waals surface area (Å²) in [4.78, 5) is 14.2. The lowest BCUT2D eigenvalue weighted by atomic mass is 9.81. The molecule has 0 spiro atoms. The van der Waals surface area contributed by atoms with E-state index in [0.29, 0.717) is 12.6 Å². The normalized spacial score (nSPS) is 14.4. The van der Waals surface area contributed by atoms with E-state index in [-0.39, 0.29) is 0 Å². The predicted octanol–water partition coefficient (Wildman–Crippen LogP) is 3.93. The fraction of sp³-hybridized carbons (Fsp3) is 0.611. The molecule has 0 radical (unpaired) electrons. The Morgan fingerprint density at radius 1 is 1.24 bits per heavy atom. The maximum atomic E-state index is 11.9. The van der Waals surface area contributed by atoms with Crippen molar-refractivity contribution in [3.8, 4) is 0 Å². The summed E-state index contributed by atoms with van der Waals surface area (Å²) in [6, 6.07) is 9.93. The third-order valence-corrected chi connectivity index (χ3v) is 4.18. The third-order valence-electron chi connectivity index (χ3n) is 4.18. The maximum absolute atomic E-state index is 11.9. The molecule has 0 saturated carbocycles. The lowest BCUT2D eigenvalue weighted by Gasteiger charge is -2.35. The van der Waals surface area contributed by atoms with Crippen LogP contribution in [-0.2, 0) is 10.2 Å². The molecule has 0 bridgehead atoms. The summed E-state index contributed by atoms with van der Waals surface area (Å²) in [7, 11) is 0. The Kier molecular flexibility index (Phi) is 6.90. The molecule has 0 aliphatic rings. The highest BCUT2D eigenvalue weighted by molar-refractivity contribution is 5.81. The Morgan fingerprint density at radius 3 is 2.33 bits per heavy atom. The number of aliphatic carboxylic acids is 1. The molecular formula is C18H29NO2. The molecule has 1 aromatic rings. The number of carboxylic acid groups (broad SMARTS) is 1. The van der Waals surface area contributed by atoms with Crippen molar-refractivity contribution in [1.29, 1.82) is 0 Å². The second kappa shape index (κ2) is 8.18. The molecule has 0 amide bonds. The number of carboxylic acids is 1. The van der Waals surface area contributed by atoms with Gasteiger partial charge >= 0.3 is 5.97 Å². The molecule has 1 N–H and O–H groups in total. The van der Waals surface area contributed by atoms with Crippen molar-refractivity contribution in [2.45, 2.75) is 58.4 Å². The minimum atomic E-state index is -0.863. The van der Waals surface area contributed by atoms with Gasteiger partial charge in [-0.3, -0.25) is 9.69 Å². The Labute approximate surface area is 129 Å². The molecule has 3 heteroatoms. The standard InChI is InChI=1S/C18H29NO2/c1-5-6-10-13-19(15(2)3)14-18(4,17(20)21)16-11-8-7-9-12-16/h7-9,11-12,15H,5-6,10,13-14H2,1-4H3,(H,20,21). The molecule has 0 aliphatic heterocycles. The van der Waals surface area contributed by atoms with Gasteiger partial charge in [0.15, 0.2) is 0 Å². The second-order valence-electron chi connectivity index (χ2n) is 6.27. The fourth-order valence-electron chi connectivity index (χ4n) is 2.58. The number of carbonyl (C=O) groups is 1. The van der Waals surface area contributed by atoms with Crippen LogP contribution in [0.5, 0.6) is 0 Å². The van der Waals surface area contributed by atoms with Crippen LogP contribution in [0.25, 0.3) is 0 Å². The van der Waals surface area contributed by atoms with E-state index < -0.39 is 11.4 Å². The van der Waals surface area contributed by atoms with Gasteiger partial charge in [0.1, 0.15) is 5.41 Å². The fourth-order valence-corrected chi connectivity index (χ4v) is 2.58. The number of benzene rings is 1. The number of nitrogens with zero attached hydrogens (tertiary/aromatic N) is 1. The van der Waals surface area contributed by atoms with E-state index in [4.69, 9.17) is 0 Å². The zero-order valence-electron chi connectivity index (χ0n) is 13.8. The molecule has 21 heavy (non-hydrogen) atoms. The van der Waals surface area contributed by atoms with Gasteiger partial charge in [0.05, 0.1) is 0 Å². The molecule has 1 atom stereocenters. The van der Waals surface area contributed by atoms with E-state index in [9.17, 15) is 9.90 Å². The molecular weight excluding hydrogens is 262 g/mol. The number of hydrogen-bond acceptors (Lipinski definition) is 2. The van der Waals surface area contributed by atoms with E-state index in [2.05, 4.69) is 25.7 Å². The SMILES string of the molecule is CCCCCN(CC(C)(C(=O)O)c1ccccc1)C(C)C. The molecule has 0 aromatic heterocycles. The Bertz CT molecular complexity index is 430. The van der Waals surface area contributed by atoms with Gasteiger partial charge in [-0.05, 0) is 39.3 Å². The zero-order valence-corrected chi connectivity index (χ0v) is 13.8. The minimum absolute atomic E-state index is 0.351. The van der Waals surface area contributed by atoms with Crippen molar-refractivity contribution >= 4 is 5.97 Å². The van der Waals surface area contributed by atoms with E-state index in [0.717, 1.165) is 18.5 Å². The monoisotopic (exact) mass is 291 g/mol. The van der Waals surface area contributed by atoms with Gasteiger partial charge in [0.25, 0.3) is 0 Å².